The number of hydrogen-bond acceptors (Lipinski definition) is 6. The van der Waals surface area contributed by atoms with Gasteiger partial charge in [-0.15, -0.1) is 10.2 Å². The van der Waals surface area contributed by atoms with E-state index in [1.54, 1.807) is 22.7 Å². The number of pyridine rings is 1. The number of ether oxygens (including phenoxy) is 1. The molecule has 3 heterocycles. The van der Waals surface area contributed by atoms with Crippen LogP contribution in [0.3, 0.4) is 0 Å². The Morgan fingerprint density at radius 2 is 2.03 bits per heavy atom. The van der Waals surface area contributed by atoms with E-state index in [-0.39, 0.29) is 5.56 Å². The number of halogens is 1. The van der Waals surface area contributed by atoms with Crippen molar-refractivity contribution in [2.24, 2.45) is 0 Å². The first-order valence-corrected chi connectivity index (χ1v) is 11.4. The van der Waals surface area contributed by atoms with Gasteiger partial charge in [0.15, 0.2) is 11.0 Å². The molecule has 0 spiro atoms. The Kier molecular flexibility index (Phi) is 5.41. The molecule has 0 N–H and O–H groups in total. The van der Waals surface area contributed by atoms with Crippen LogP contribution in [0, 0.1) is 6.92 Å². The van der Waals surface area contributed by atoms with Crippen molar-refractivity contribution in [2.45, 2.75) is 43.3 Å². The fourth-order valence-corrected chi connectivity index (χ4v) is 4.49. The summed E-state index contributed by atoms with van der Waals surface area (Å²) >= 11 is 7.72. The van der Waals surface area contributed by atoms with E-state index in [9.17, 15) is 4.79 Å². The zero-order valence-corrected chi connectivity index (χ0v) is 18.4. The third kappa shape index (κ3) is 4.31. The Hall–Kier alpha value is -2.84. The van der Waals surface area contributed by atoms with Crippen LogP contribution >= 0.6 is 23.4 Å². The van der Waals surface area contributed by atoms with Gasteiger partial charge in [-0.05, 0) is 43.5 Å². The average molecular weight is 454 g/mol. The van der Waals surface area contributed by atoms with Crippen molar-refractivity contribution in [2.75, 3.05) is 0 Å². The molecule has 1 saturated carbocycles. The van der Waals surface area contributed by atoms with Crippen molar-refractivity contribution in [3.05, 3.63) is 81.1 Å². The molecule has 0 atom stereocenters. The topological polar surface area (TPSA) is 74.3 Å². The molecule has 0 amide bonds. The lowest BCUT2D eigenvalue weighted by atomic mass is 10.3. The highest BCUT2D eigenvalue weighted by Crippen LogP contribution is 2.39. The zero-order chi connectivity index (χ0) is 21.4. The molecule has 4 aromatic rings. The molecule has 9 heteroatoms. The van der Waals surface area contributed by atoms with Gasteiger partial charge in [0, 0.05) is 24.1 Å². The van der Waals surface area contributed by atoms with Crippen molar-refractivity contribution in [3.8, 4) is 5.75 Å². The van der Waals surface area contributed by atoms with E-state index in [1.807, 2.05) is 37.3 Å². The number of para-hydroxylation sites is 1. The fraction of sp³-hybridized carbons (Fsp3) is 0.273. The highest BCUT2D eigenvalue weighted by molar-refractivity contribution is 7.98. The summed E-state index contributed by atoms with van der Waals surface area (Å²) < 4.78 is 9.58. The molecule has 7 nitrogen and oxygen atoms in total. The molecule has 31 heavy (non-hydrogen) atoms. The zero-order valence-electron chi connectivity index (χ0n) is 16.9. The van der Waals surface area contributed by atoms with Crippen LogP contribution in [0.15, 0.2) is 58.6 Å². The minimum atomic E-state index is -0.0817. The summed E-state index contributed by atoms with van der Waals surface area (Å²) in [4.78, 5) is 17.1. The minimum absolute atomic E-state index is 0.0817. The Bertz CT molecular complexity index is 1310. The Morgan fingerprint density at radius 3 is 2.84 bits per heavy atom. The van der Waals surface area contributed by atoms with Gasteiger partial charge in [-0.1, -0.05) is 41.6 Å². The molecule has 3 aromatic heterocycles. The first-order chi connectivity index (χ1) is 15.1. The van der Waals surface area contributed by atoms with Crippen LogP contribution in [0.5, 0.6) is 5.75 Å². The highest BCUT2D eigenvalue weighted by atomic mass is 35.5. The molecular formula is C22H20ClN5O2S. The highest BCUT2D eigenvalue weighted by Gasteiger charge is 2.30. The SMILES string of the molecule is Cc1ccc2nc(CSc3nnc(COc4ccccc4Cl)n3C3CC3)cc(=O)n2c1. The predicted octanol–water partition coefficient (Wildman–Crippen LogP) is 4.45. The number of hydrogen-bond donors (Lipinski definition) is 0. The number of benzene rings is 1. The second-order valence-corrected chi connectivity index (χ2v) is 8.88. The van der Waals surface area contributed by atoms with E-state index in [1.165, 1.54) is 11.8 Å². The van der Waals surface area contributed by atoms with E-state index in [4.69, 9.17) is 16.3 Å². The molecular weight excluding hydrogens is 434 g/mol. The maximum absolute atomic E-state index is 12.5. The van der Waals surface area contributed by atoms with E-state index < -0.39 is 0 Å². The smallest absolute Gasteiger partial charge is 0.258 e. The number of aromatic nitrogens is 5. The van der Waals surface area contributed by atoms with Crippen LogP contribution in [0.4, 0.5) is 0 Å². The second kappa shape index (κ2) is 8.36. The van der Waals surface area contributed by atoms with Crippen LogP contribution in [-0.2, 0) is 12.4 Å². The van der Waals surface area contributed by atoms with Gasteiger partial charge >= 0.3 is 0 Å². The van der Waals surface area contributed by atoms with Crippen molar-refractivity contribution in [3.63, 3.8) is 0 Å². The summed E-state index contributed by atoms with van der Waals surface area (Å²) in [7, 11) is 0. The molecule has 1 aromatic carbocycles. The van der Waals surface area contributed by atoms with Gasteiger partial charge in [0.1, 0.15) is 18.0 Å². The second-order valence-electron chi connectivity index (χ2n) is 7.53. The normalized spacial score (nSPS) is 13.6. The number of thioether (sulfide) groups is 1. The molecule has 158 valence electrons. The molecule has 5 rings (SSSR count). The molecule has 1 fully saturated rings. The maximum atomic E-state index is 12.5. The Balaban J connectivity index is 1.34. The molecule has 0 aliphatic heterocycles. The molecule has 0 saturated heterocycles. The number of aryl methyl sites for hydroxylation is 1. The van der Waals surface area contributed by atoms with Crippen molar-refractivity contribution in [1.82, 2.24) is 24.1 Å². The summed E-state index contributed by atoms with van der Waals surface area (Å²) in [5, 5.41) is 10.1. The van der Waals surface area contributed by atoms with Crippen molar-refractivity contribution >= 4 is 29.0 Å². The van der Waals surface area contributed by atoms with Crippen molar-refractivity contribution in [1.29, 1.82) is 0 Å². The van der Waals surface area contributed by atoms with Crippen LogP contribution in [0.25, 0.3) is 5.65 Å². The van der Waals surface area contributed by atoms with Crippen LogP contribution in [-0.4, -0.2) is 24.1 Å². The van der Waals surface area contributed by atoms with E-state index >= 15 is 0 Å². The van der Waals surface area contributed by atoms with Gasteiger partial charge in [0.2, 0.25) is 0 Å². The fourth-order valence-electron chi connectivity index (χ4n) is 3.38. The van der Waals surface area contributed by atoms with Gasteiger partial charge in [-0.3, -0.25) is 13.8 Å². The third-order valence-electron chi connectivity index (χ3n) is 5.05. The molecule has 0 bridgehead atoms. The minimum Gasteiger partial charge on any atom is -0.484 e. The Labute approximate surface area is 188 Å². The number of rotatable bonds is 7. The lowest BCUT2D eigenvalue weighted by molar-refractivity contribution is 0.288. The first-order valence-electron chi connectivity index (χ1n) is 10.0. The van der Waals surface area contributed by atoms with Crippen LogP contribution in [0.1, 0.15) is 36.0 Å². The van der Waals surface area contributed by atoms with Crippen LogP contribution < -0.4 is 10.3 Å². The molecule has 1 aliphatic carbocycles. The summed E-state index contributed by atoms with van der Waals surface area (Å²) in [6.45, 7) is 2.25. The number of nitrogens with zero attached hydrogens (tertiary/aromatic N) is 5. The summed E-state index contributed by atoms with van der Waals surface area (Å²) in [6, 6.07) is 13.2. The Morgan fingerprint density at radius 1 is 1.19 bits per heavy atom. The maximum Gasteiger partial charge on any atom is 0.258 e. The quantitative estimate of drug-likeness (QED) is 0.385. The van der Waals surface area contributed by atoms with E-state index in [0.29, 0.717) is 34.8 Å². The predicted molar refractivity (Wildman–Crippen MR) is 120 cm³/mol. The summed E-state index contributed by atoms with van der Waals surface area (Å²) in [5.74, 6) is 1.93. The van der Waals surface area contributed by atoms with E-state index in [2.05, 4.69) is 19.7 Å². The third-order valence-corrected chi connectivity index (χ3v) is 6.34. The monoisotopic (exact) mass is 453 g/mol. The molecule has 0 radical (unpaired) electrons. The summed E-state index contributed by atoms with van der Waals surface area (Å²) in [5.41, 5.74) is 2.30. The summed E-state index contributed by atoms with van der Waals surface area (Å²) in [6.07, 6.45) is 4.00. The first kappa shape index (κ1) is 20.1. The lowest BCUT2D eigenvalue weighted by Crippen LogP contribution is -2.15. The molecule has 0 unspecified atom stereocenters. The van der Waals surface area contributed by atoms with E-state index in [0.717, 1.165) is 35.1 Å². The number of fused-ring (bicyclic) bond motifs is 1. The van der Waals surface area contributed by atoms with Crippen LogP contribution in [0.2, 0.25) is 5.02 Å². The standard InChI is InChI=1S/C22H20ClN5O2S/c1-14-6-9-19-24-15(10-21(29)27(19)11-14)13-31-22-26-25-20(28(22)16-7-8-16)12-30-18-5-3-2-4-17(18)23/h2-6,9-11,16H,7-8,12-13H2,1H3. The molecule has 1 aliphatic rings. The average Bonchev–Trinajstić information content (AvgIpc) is 3.52. The van der Waals surface area contributed by atoms with Crippen molar-refractivity contribution < 1.29 is 4.74 Å². The van der Waals surface area contributed by atoms with Gasteiger partial charge < -0.3 is 4.74 Å². The lowest BCUT2D eigenvalue weighted by Gasteiger charge is -2.11. The van der Waals surface area contributed by atoms with Gasteiger partial charge in [0.25, 0.3) is 5.56 Å². The van der Waals surface area contributed by atoms with Gasteiger partial charge in [0.05, 0.1) is 10.7 Å². The van der Waals surface area contributed by atoms with Gasteiger partial charge in [-0.2, -0.15) is 0 Å². The largest absolute Gasteiger partial charge is 0.484 e. The van der Waals surface area contributed by atoms with Gasteiger partial charge in [-0.25, -0.2) is 4.98 Å².